The van der Waals surface area contributed by atoms with Crippen molar-refractivity contribution < 1.29 is 4.79 Å². The van der Waals surface area contributed by atoms with Crippen LogP contribution in [0.5, 0.6) is 0 Å². The van der Waals surface area contributed by atoms with Crippen LogP contribution < -0.4 is 0 Å². The Hall–Kier alpha value is -2.22. The summed E-state index contributed by atoms with van der Waals surface area (Å²) in [5.74, 6) is 0.0285. The van der Waals surface area contributed by atoms with Gasteiger partial charge in [0.2, 0.25) is 0 Å². The molecule has 0 unspecified atom stereocenters. The van der Waals surface area contributed by atoms with E-state index in [4.69, 9.17) is 0 Å². The Labute approximate surface area is 119 Å². The third kappa shape index (κ3) is 2.69. The number of aromatic nitrogens is 1. The van der Waals surface area contributed by atoms with E-state index in [-0.39, 0.29) is 5.78 Å². The summed E-state index contributed by atoms with van der Waals surface area (Å²) in [6, 6.07) is 11.4. The summed E-state index contributed by atoms with van der Waals surface area (Å²) in [4.78, 5) is 16.5. The number of ketones is 1. The second-order valence-corrected chi connectivity index (χ2v) is 5.10. The van der Waals surface area contributed by atoms with Crippen molar-refractivity contribution in [3.05, 3.63) is 71.1 Å². The number of hydrogen-bond donors (Lipinski definition) is 0. The fourth-order valence-electron chi connectivity index (χ4n) is 2.69. The van der Waals surface area contributed by atoms with Crippen LogP contribution in [0.1, 0.15) is 40.0 Å². The molecular formula is C18H17NO. The van der Waals surface area contributed by atoms with Crippen molar-refractivity contribution in [2.75, 3.05) is 0 Å². The highest BCUT2D eigenvalue weighted by molar-refractivity contribution is 6.06. The van der Waals surface area contributed by atoms with Gasteiger partial charge in [-0.25, -0.2) is 0 Å². The van der Waals surface area contributed by atoms with Crippen LogP contribution >= 0.6 is 0 Å². The van der Waals surface area contributed by atoms with E-state index in [2.05, 4.69) is 11.1 Å². The highest BCUT2D eigenvalue weighted by Gasteiger charge is 2.12. The van der Waals surface area contributed by atoms with Gasteiger partial charge in [-0.05, 0) is 55.0 Å². The van der Waals surface area contributed by atoms with Gasteiger partial charge in [0.1, 0.15) is 0 Å². The van der Waals surface area contributed by atoms with Gasteiger partial charge < -0.3 is 0 Å². The van der Waals surface area contributed by atoms with Crippen LogP contribution in [0.15, 0.2) is 48.7 Å². The minimum atomic E-state index is 0.0285. The van der Waals surface area contributed by atoms with Gasteiger partial charge in [-0.15, -0.1) is 0 Å². The average Bonchev–Trinajstić information content (AvgIpc) is 2.53. The maximum absolute atomic E-state index is 12.1. The van der Waals surface area contributed by atoms with Crippen molar-refractivity contribution in [1.29, 1.82) is 0 Å². The van der Waals surface area contributed by atoms with Gasteiger partial charge in [-0.3, -0.25) is 9.78 Å². The number of pyridine rings is 1. The molecule has 0 radical (unpaired) electrons. The number of carbonyl (C=O) groups is 1. The summed E-state index contributed by atoms with van der Waals surface area (Å²) in [7, 11) is 0. The predicted molar refractivity (Wildman–Crippen MR) is 80.7 cm³/mol. The van der Waals surface area contributed by atoms with Crippen LogP contribution in [0.25, 0.3) is 6.08 Å². The Morgan fingerprint density at radius 1 is 1.05 bits per heavy atom. The first kappa shape index (κ1) is 12.8. The van der Waals surface area contributed by atoms with Crippen LogP contribution in [0.4, 0.5) is 0 Å². The van der Waals surface area contributed by atoms with E-state index in [0.29, 0.717) is 5.56 Å². The molecule has 1 aromatic carbocycles. The zero-order valence-corrected chi connectivity index (χ0v) is 11.4. The molecule has 1 aliphatic carbocycles. The van der Waals surface area contributed by atoms with Gasteiger partial charge in [0.05, 0.1) is 5.69 Å². The standard InChI is InChI=1S/C18H17NO/c20-18(15-7-2-1-3-8-15)11-10-17-16-9-5-4-6-14(16)12-13-19-17/h1-3,7-8,10-13H,4-6,9H2/b11-10+. The van der Waals surface area contributed by atoms with Crippen molar-refractivity contribution in [2.45, 2.75) is 25.7 Å². The molecule has 2 aromatic rings. The molecule has 0 N–H and O–H groups in total. The first-order valence-corrected chi connectivity index (χ1v) is 7.09. The third-order valence-corrected chi connectivity index (χ3v) is 3.76. The molecule has 0 amide bonds. The van der Waals surface area contributed by atoms with Gasteiger partial charge in [0.15, 0.2) is 5.78 Å². The van der Waals surface area contributed by atoms with Crippen LogP contribution in [-0.4, -0.2) is 10.8 Å². The quantitative estimate of drug-likeness (QED) is 0.621. The largest absolute Gasteiger partial charge is 0.289 e. The maximum Gasteiger partial charge on any atom is 0.185 e. The molecule has 0 saturated heterocycles. The fourth-order valence-corrected chi connectivity index (χ4v) is 2.69. The van der Waals surface area contributed by atoms with Crippen LogP contribution in [0.3, 0.4) is 0 Å². The third-order valence-electron chi connectivity index (χ3n) is 3.76. The van der Waals surface area contributed by atoms with Crippen molar-refractivity contribution in [3.63, 3.8) is 0 Å². The SMILES string of the molecule is O=C(/C=C/c1nccc2c1CCCC2)c1ccccc1. The molecule has 0 fully saturated rings. The highest BCUT2D eigenvalue weighted by atomic mass is 16.1. The lowest BCUT2D eigenvalue weighted by Gasteiger charge is -2.16. The molecule has 0 spiro atoms. The fraction of sp³-hybridized carbons (Fsp3) is 0.222. The molecule has 0 saturated carbocycles. The number of carbonyl (C=O) groups excluding carboxylic acids is 1. The number of hydrogen-bond acceptors (Lipinski definition) is 2. The highest BCUT2D eigenvalue weighted by Crippen LogP contribution is 2.23. The summed E-state index contributed by atoms with van der Waals surface area (Å²) < 4.78 is 0. The van der Waals surface area contributed by atoms with E-state index >= 15 is 0 Å². The zero-order valence-electron chi connectivity index (χ0n) is 11.4. The summed E-state index contributed by atoms with van der Waals surface area (Å²) in [5.41, 5.74) is 4.37. The number of rotatable bonds is 3. The van der Waals surface area contributed by atoms with Crippen LogP contribution in [0.2, 0.25) is 0 Å². The molecular weight excluding hydrogens is 246 g/mol. The smallest absolute Gasteiger partial charge is 0.185 e. The Kier molecular flexibility index (Phi) is 3.73. The van der Waals surface area contributed by atoms with Gasteiger partial charge in [-0.1, -0.05) is 30.3 Å². The molecule has 1 heterocycles. The number of nitrogens with zero attached hydrogens (tertiary/aromatic N) is 1. The second-order valence-electron chi connectivity index (χ2n) is 5.10. The molecule has 100 valence electrons. The van der Waals surface area contributed by atoms with Crippen molar-refractivity contribution >= 4 is 11.9 Å². The van der Waals surface area contributed by atoms with Gasteiger partial charge in [-0.2, -0.15) is 0 Å². The number of benzene rings is 1. The van der Waals surface area contributed by atoms with Crippen LogP contribution in [-0.2, 0) is 12.8 Å². The molecule has 0 atom stereocenters. The van der Waals surface area contributed by atoms with E-state index < -0.39 is 0 Å². The van der Waals surface area contributed by atoms with E-state index in [1.807, 2.05) is 42.6 Å². The Balaban J connectivity index is 1.85. The second kappa shape index (κ2) is 5.83. The molecule has 0 aliphatic heterocycles. The number of allylic oxidation sites excluding steroid dienone is 1. The minimum Gasteiger partial charge on any atom is -0.289 e. The molecule has 1 aliphatic rings. The van der Waals surface area contributed by atoms with E-state index in [9.17, 15) is 4.79 Å². The molecule has 20 heavy (non-hydrogen) atoms. The lowest BCUT2D eigenvalue weighted by Crippen LogP contribution is -2.06. The summed E-state index contributed by atoms with van der Waals surface area (Å²) in [6.45, 7) is 0. The molecule has 0 bridgehead atoms. The predicted octanol–water partition coefficient (Wildman–Crippen LogP) is 3.86. The van der Waals surface area contributed by atoms with E-state index in [0.717, 1.165) is 18.5 Å². The summed E-state index contributed by atoms with van der Waals surface area (Å²) >= 11 is 0. The average molecular weight is 263 g/mol. The number of aryl methyl sites for hydroxylation is 1. The lowest BCUT2D eigenvalue weighted by atomic mass is 9.91. The molecule has 2 nitrogen and oxygen atoms in total. The summed E-state index contributed by atoms with van der Waals surface area (Å²) in [5, 5.41) is 0. The van der Waals surface area contributed by atoms with Crippen LogP contribution in [0, 0.1) is 0 Å². The van der Waals surface area contributed by atoms with Crippen molar-refractivity contribution in [2.24, 2.45) is 0 Å². The normalized spacial score (nSPS) is 14.2. The lowest BCUT2D eigenvalue weighted by molar-refractivity contribution is 0.104. The topological polar surface area (TPSA) is 30.0 Å². The van der Waals surface area contributed by atoms with Gasteiger partial charge in [0, 0.05) is 11.8 Å². The Bertz CT molecular complexity index is 644. The Morgan fingerprint density at radius 3 is 2.70 bits per heavy atom. The molecule has 3 rings (SSSR count). The van der Waals surface area contributed by atoms with Gasteiger partial charge >= 0.3 is 0 Å². The molecule has 1 aromatic heterocycles. The van der Waals surface area contributed by atoms with E-state index in [1.165, 1.54) is 24.0 Å². The first-order chi connectivity index (χ1) is 9.84. The molecule has 2 heteroatoms. The van der Waals surface area contributed by atoms with Crippen molar-refractivity contribution in [1.82, 2.24) is 4.98 Å². The monoisotopic (exact) mass is 263 g/mol. The zero-order chi connectivity index (χ0) is 13.8. The van der Waals surface area contributed by atoms with E-state index in [1.54, 1.807) is 6.08 Å². The maximum atomic E-state index is 12.1. The van der Waals surface area contributed by atoms with Gasteiger partial charge in [0.25, 0.3) is 0 Å². The van der Waals surface area contributed by atoms with Crippen molar-refractivity contribution in [3.8, 4) is 0 Å². The number of fused-ring (bicyclic) bond motifs is 1. The minimum absolute atomic E-state index is 0.0285. The Morgan fingerprint density at radius 2 is 1.85 bits per heavy atom. The first-order valence-electron chi connectivity index (χ1n) is 7.09. The summed E-state index contributed by atoms with van der Waals surface area (Å²) in [6.07, 6.45) is 10.0.